The van der Waals surface area contributed by atoms with Crippen LogP contribution < -0.4 is 4.74 Å². The molecule has 0 N–H and O–H groups in total. The first-order valence-electron chi connectivity index (χ1n) is 7.38. The van der Waals surface area contributed by atoms with E-state index in [4.69, 9.17) is 4.74 Å². The van der Waals surface area contributed by atoms with Crippen LogP contribution >= 0.6 is 0 Å². The van der Waals surface area contributed by atoms with E-state index >= 15 is 0 Å². The molecule has 0 saturated heterocycles. The molecule has 112 valence electrons. The van der Waals surface area contributed by atoms with E-state index in [0.29, 0.717) is 11.4 Å². The van der Waals surface area contributed by atoms with Gasteiger partial charge < -0.3 is 9.64 Å². The zero-order valence-electron chi connectivity index (χ0n) is 13.3. The Hall–Kier alpha value is -1.58. The third-order valence-corrected chi connectivity index (χ3v) is 3.14. The van der Waals surface area contributed by atoms with Gasteiger partial charge in [-0.05, 0) is 18.8 Å². The Morgan fingerprint density at radius 2 is 1.85 bits per heavy atom. The van der Waals surface area contributed by atoms with E-state index in [1.807, 2.05) is 11.0 Å². The van der Waals surface area contributed by atoms with Crippen LogP contribution in [0.5, 0.6) is 5.75 Å². The van der Waals surface area contributed by atoms with E-state index in [1.165, 1.54) is 0 Å². The summed E-state index contributed by atoms with van der Waals surface area (Å²) in [6, 6.07) is 3.62. The monoisotopic (exact) mass is 278 g/mol. The van der Waals surface area contributed by atoms with Crippen molar-refractivity contribution < 1.29 is 9.53 Å². The zero-order valence-corrected chi connectivity index (χ0v) is 13.3. The highest BCUT2D eigenvalue weighted by Gasteiger charge is 2.18. The van der Waals surface area contributed by atoms with Crippen LogP contribution in [0.4, 0.5) is 0 Å². The summed E-state index contributed by atoms with van der Waals surface area (Å²) in [4.78, 5) is 18.9. The number of nitrogens with zero attached hydrogens (tertiary/aromatic N) is 2. The van der Waals surface area contributed by atoms with Crippen molar-refractivity contribution in [3.63, 3.8) is 0 Å². The predicted molar refractivity (Wildman–Crippen MR) is 81.4 cm³/mol. The molecule has 1 heterocycles. The van der Waals surface area contributed by atoms with Crippen LogP contribution in [0.25, 0.3) is 0 Å². The van der Waals surface area contributed by atoms with Gasteiger partial charge in [-0.3, -0.25) is 4.79 Å². The summed E-state index contributed by atoms with van der Waals surface area (Å²) in [6.45, 7) is 9.81. The minimum absolute atomic E-state index is 0.00509. The third-order valence-electron chi connectivity index (χ3n) is 3.14. The molecule has 1 aromatic heterocycles. The van der Waals surface area contributed by atoms with Gasteiger partial charge in [-0.25, -0.2) is 4.98 Å². The average Bonchev–Trinajstić information content (AvgIpc) is 2.45. The van der Waals surface area contributed by atoms with E-state index in [-0.39, 0.29) is 11.8 Å². The Labute approximate surface area is 122 Å². The first kappa shape index (κ1) is 16.5. The van der Waals surface area contributed by atoms with Crippen LogP contribution in [-0.4, -0.2) is 36.0 Å². The van der Waals surface area contributed by atoms with E-state index in [0.717, 1.165) is 31.6 Å². The van der Waals surface area contributed by atoms with Crippen LogP contribution in [0.2, 0.25) is 0 Å². The largest absolute Gasteiger partial charge is 0.497 e. The fourth-order valence-electron chi connectivity index (χ4n) is 2.07. The summed E-state index contributed by atoms with van der Waals surface area (Å²) in [7, 11) is 1.61. The van der Waals surface area contributed by atoms with Gasteiger partial charge in [0, 0.05) is 30.9 Å². The molecular weight excluding hydrogens is 252 g/mol. The zero-order chi connectivity index (χ0) is 15.1. The van der Waals surface area contributed by atoms with Gasteiger partial charge in [-0.15, -0.1) is 0 Å². The molecule has 0 spiro atoms. The highest BCUT2D eigenvalue weighted by molar-refractivity contribution is 5.92. The van der Waals surface area contributed by atoms with Gasteiger partial charge in [0.05, 0.1) is 7.11 Å². The molecule has 0 radical (unpaired) electrons. The van der Waals surface area contributed by atoms with Crippen LogP contribution in [-0.2, 0) is 0 Å². The Kier molecular flexibility index (Phi) is 6.49. The van der Waals surface area contributed by atoms with E-state index in [9.17, 15) is 4.79 Å². The smallest absolute Gasteiger partial charge is 0.272 e. The number of pyridine rings is 1. The molecule has 0 aromatic carbocycles. The second-order valence-electron chi connectivity index (χ2n) is 5.26. The van der Waals surface area contributed by atoms with Crippen molar-refractivity contribution in [3.05, 3.63) is 23.5 Å². The van der Waals surface area contributed by atoms with E-state index in [1.54, 1.807) is 13.2 Å². The Bertz CT molecular complexity index is 438. The third kappa shape index (κ3) is 4.22. The van der Waals surface area contributed by atoms with Crippen molar-refractivity contribution in [2.24, 2.45) is 0 Å². The number of hydrogen-bond donors (Lipinski definition) is 0. The number of carbonyl (C=O) groups excluding carboxylic acids is 1. The molecule has 1 amide bonds. The lowest BCUT2D eigenvalue weighted by atomic mass is 10.1. The van der Waals surface area contributed by atoms with E-state index in [2.05, 4.69) is 32.7 Å². The maximum atomic E-state index is 12.6. The number of amides is 1. The lowest BCUT2D eigenvalue weighted by molar-refractivity contribution is 0.0749. The van der Waals surface area contributed by atoms with Crippen molar-refractivity contribution in [2.45, 2.75) is 46.5 Å². The minimum Gasteiger partial charge on any atom is -0.497 e. The molecule has 4 nitrogen and oxygen atoms in total. The lowest BCUT2D eigenvalue weighted by Gasteiger charge is -2.21. The standard InChI is InChI=1S/C16H26N2O2/c1-6-8-18(9-7-2)16(19)15-11-13(20-5)10-14(17-15)12(3)4/h10-12H,6-9H2,1-5H3. The topological polar surface area (TPSA) is 42.4 Å². The maximum absolute atomic E-state index is 12.6. The maximum Gasteiger partial charge on any atom is 0.272 e. The Morgan fingerprint density at radius 1 is 1.25 bits per heavy atom. The van der Waals surface area contributed by atoms with Crippen LogP contribution in [0, 0.1) is 0 Å². The molecule has 0 aliphatic heterocycles. The van der Waals surface area contributed by atoms with Gasteiger partial charge in [-0.2, -0.15) is 0 Å². The molecule has 1 aromatic rings. The molecule has 0 aliphatic rings. The molecule has 1 rings (SSSR count). The molecule has 20 heavy (non-hydrogen) atoms. The molecule has 0 fully saturated rings. The van der Waals surface area contributed by atoms with Gasteiger partial charge in [0.2, 0.25) is 0 Å². The van der Waals surface area contributed by atoms with Gasteiger partial charge in [-0.1, -0.05) is 27.7 Å². The van der Waals surface area contributed by atoms with Crippen molar-refractivity contribution >= 4 is 5.91 Å². The summed E-state index contributed by atoms with van der Waals surface area (Å²) in [6.07, 6.45) is 1.90. The number of rotatable bonds is 7. The Morgan fingerprint density at radius 3 is 2.30 bits per heavy atom. The fourth-order valence-corrected chi connectivity index (χ4v) is 2.07. The number of methoxy groups -OCH3 is 1. The summed E-state index contributed by atoms with van der Waals surface area (Å²) in [5.74, 6) is 0.956. The first-order chi connectivity index (χ1) is 9.53. The second kappa shape index (κ2) is 7.88. The SMILES string of the molecule is CCCN(CCC)C(=O)c1cc(OC)cc(C(C)C)n1. The fraction of sp³-hybridized carbons (Fsp3) is 0.625. The Balaban J connectivity index is 3.09. The van der Waals surface area contributed by atoms with Crippen molar-refractivity contribution in [3.8, 4) is 5.75 Å². The summed E-state index contributed by atoms with van der Waals surface area (Å²) in [5, 5.41) is 0. The molecular formula is C16H26N2O2. The predicted octanol–water partition coefficient (Wildman–Crippen LogP) is 3.48. The summed E-state index contributed by atoms with van der Waals surface area (Å²) in [5.41, 5.74) is 1.37. The van der Waals surface area contributed by atoms with Crippen LogP contribution in [0.1, 0.15) is 62.6 Å². The van der Waals surface area contributed by atoms with E-state index < -0.39 is 0 Å². The quantitative estimate of drug-likeness (QED) is 0.767. The highest BCUT2D eigenvalue weighted by atomic mass is 16.5. The normalized spacial score (nSPS) is 10.7. The summed E-state index contributed by atoms with van der Waals surface area (Å²) >= 11 is 0. The average molecular weight is 278 g/mol. The molecule has 0 saturated carbocycles. The number of hydrogen-bond acceptors (Lipinski definition) is 3. The minimum atomic E-state index is -0.00509. The van der Waals surface area contributed by atoms with Gasteiger partial charge in [0.1, 0.15) is 11.4 Å². The van der Waals surface area contributed by atoms with Crippen molar-refractivity contribution in [1.82, 2.24) is 9.88 Å². The molecule has 0 atom stereocenters. The number of aromatic nitrogens is 1. The molecule has 0 unspecified atom stereocenters. The highest BCUT2D eigenvalue weighted by Crippen LogP contribution is 2.20. The number of ether oxygens (including phenoxy) is 1. The molecule has 0 bridgehead atoms. The van der Waals surface area contributed by atoms with Crippen LogP contribution in [0.15, 0.2) is 12.1 Å². The lowest BCUT2D eigenvalue weighted by Crippen LogP contribution is -2.33. The van der Waals surface area contributed by atoms with Crippen LogP contribution in [0.3, 0.4) is 0 Å². The van der Waals surface area contributed by atoms with Gasteiger partial charge >= 0.3 is 0 Å². The number of carbonyl (C=O) groups is 1. The summed E-state index contributed by atoms with van der Waals surface area (Å²) < 4.78 is 5.28. The van der Waals surface area contributed by atoms with Crippen molar-refractivity contribution in [2.75, 3.05) is 20.2 Å². The molecule has 0 aliphatic carbocycles. The second-order valence-corrected chi connectivity index (χ2v) is 5.26. The van der Waals surface area contributed by atoms with Gasteiger partial charge in [0.15, 0.2) is 0 Å². The van der Waals surface area contributed by atoms with Crippen molar-refractivity contribution in [1.29, 1.82) is 0 Å². The van der Waals surface area contributed by atoms with Gasteiger partial charge in [0.25, 0.3) is 5.91 Å². The molecule has 4 heteroatoms. The first-order valence-corrected chi connectivity index (χ1v) is 7.38.